The summed E-state index contributed by atoms with van der Waals surface area (Å²) in [7, 11) is -5.09. The van der Waals surface area contributed by atoms with Crippen LogP contribution in [0.4, 0.5) is 21.9 Å². The number of fused-ring (bicyclic) bond motifs is 1. The number of rotatable bonds is 2. The van der Waals surface area contributed by atoms with Gasteiger partial charge >= 0.3 is 22.5 Å². The Morgan fingerprint density at radius 2 is 1.77 bits per heavy atom. The van der Waals surface area contributed by atoms with Gasteiger partial charge in [0.05, 0.1) is 11.2 Å². The van der Waals surface area contributed by atoms with E-state index in [0.717, 1.165) is 4.90 Å². The van der Waals surface area contributed by atoms with Gasteiger partial charge in [0, 0.05) is 18.5 Å². The summed E-state index contributed by atoms with van der Waals surface area (Å²) in [4.78, 5) is 12.7. The lowest BCUT2D eigenvalue weighted by atomic mass is 9.97. The molecule has 0 bridgehead atoms. The summed E-state index contributed by atoms with van der Waals surface area (Å²) in [5, 5.41) is 0. The fourth-order valence-corrected chi connectivity index (χ4v) is 4.35. The highest BCUT2D eigenvalue weighted by molar-refractivity contribution is 7.86. The molecule has 0 spiro atoms. The van der Waals surface area contributed by atoms with Gasteiger partial charge in [0.2, 0.25) is 0 Å². The third kappa shape index (κ3) is 2.89. The standard InChI is InChI=1S/C12H17F4NO4S/c1-9(2,3)21-8(18)17-5-10(7-22(16,19)20)4-11(10,6-17)12(13,14)15/h4-7H2,1-3H3. The molecule has 0 N–H and O–H groups in total. The molecular formula is C12H17F4NO4S. The van der Waals surface area contributed by atoms with Crippen molar-refractivity contribution in [2.75, 3.05) is 18.8 Å². The van der Waals surface area contributed by atoms with E-state index in [4.69, 9.17) is 4.74 Å². The lowest BCUT2D eigenvalue weighted by Crippen LogP contribution is -2.39. The van der Waals surface area contributed by atoms with Gasteiger partial charge in [-0.25, -0.2) is 4.79 Å². The van der Waals surface area contributed by atoms with Crippen molar-refractivity contribution in [1.29, 1.82) is 0 Å². The SMILES string of the molecule is CC(C)(C)OC(=O)N1CC2(CS(=O)(=O)F)CC2(C(F)(F)F)C1. The second-order valence-electron chi connectivity index (χ2n) is 7.06. The van der Waals surface area contributed by atoms with Crippen LogP contribution in [0, 0.1) is 10.8 Å². The smallest absolute Gasteiger partial charge is 0.410 e. The first kappa shape index (κ1) is 17.3. The van der Waals surface area contributed by atoms with E-state index in [1.165, 1.54) is 0 Å². The van der Waals surface area contributed by atoms with Gasteiger partial charge in [0.15, 0.2) is 0 Å². The number of hydrogen-bond acceptors (Lipinski definition) is 4. The quantitative estimate of drug-likeness (QED) is 0.569. The summed E-state index contributed by atoms with van der Waals surface area (Å²) in [6.07, 6.45) is -6.17. The number of piperidine rings is 1. The number of ether oxygens (including phenoxy) is 1. The van der Waals surface area contributed by atoms with Crippen LogP contribution in [0.1, 0.15) is 27.2 Å². The molecule has 2 fully saturated rings. The first-order valence-electron chi connectivity index (χ1n) is 6.58. The molecule has 1 aliphatic heterocycles. The highest BCUT2D eigenvalue weighted by atomic mass is 32.3. The Labute approximate surface area is 125 Å². The number of halogens is 4. The summed E-state index contributed by atoms with van der Waals surface area (Å²) in [5.41, 5.74) is -5.07. The summed E-state index contributed by atoms with van der Waals surface area (Å²) < 4.78 is 79.4. The molecule has 2 rings (SSSR count). The van der Waals surface area contributed by atoms with E-state index >= 15 is 0 Å². The monoisotopic (exact) mass is 347 g/mol. The van der Waals surface area contributed by atoms with Gasteiger partial charge < -0.3 is 9.64 Å². The normalized spacial score (nSPS) is 31.9. The molecule has 22 heavy (non-hydrogen) atoms. The van der Waals surface area contributed by atoms with E-state index in [0.29, 0.717) is 0 Å². The van der Waals surface area contributed by atoms with Crippen LogP contribution < -0.4 is 0 Å². The molecule has 1 amide bonds. The average Bonchev–Trinajstić information content (AvgIpc) is 2.69. The van der Waals surface area contributed by atoms with Crippen molar-refractivity contribution in [2.24, 2.45) is 10.8 Å². The number of likely N-dealkylation sites (tertiary alicyclic amines) is 1. The summed E-state index contributed by atoms with van der Waals surface area (Å²) in [6.45, 7) is 3.49. The van der Waals surface area contributed by atoms with Crippen LogP contribution in [0.15, 0.2) is 0 Å². The van der Waals surface area contributed by atoms with Crippen molar-refractivity contribution in [2.45, 2.75) is 39.0 Å². The fraction of sp³-hybridized carbons (Fsp3) is 0.917. The van der Waals surface area contributed by atoms with Crippen molar-refractivity contribution < 1.29 is 35.0 Å². The van der Waals surface area contributed by atoms with Crippen molar-refractivity contribution in [3.63, 3.8) is 0 Å². The molecule has 1 saturated carbocycles. The van der Waals surface area contributed by atoms with Crippen LogP contribution in [0.25, 0.3) is 0 Å². The van der Waals surface area contributed by atoms with Crippen LogP contribution in [0.3, 0.4) is 0 Å². The predicted octanol–water partition coefficient (Wildman–Crippen LogP) is 2.48. The molecule has 1 saturated heterocycles. The molecule has 128 valence electrons. The number of hydrogen-bond donors (Lipinski definition) is 0. The lowest BCUT2D eigenvalue weighted by Gasteiger charge is -2.26. The lowest BCUT2D eigenvalue weighted by molar-refractivity contribution is -0.191. The molecular weight excluding hydrogens is 330 g/mol. The average molecular weight is 347 g/mol. The maximum absolute atomic E-state index is 13.3. The molecule has 1 heterocycles. The van der Waals surface area contributed by atoms with Gasteiger partial charge in [-0.05, 0) is 27.2 Å². The van der Waals surface area contributed by atoms with E-state index in [1.807, 2.05) is 0 Å². The molecule has 2 unspecified atom stereocenters. The number of amides is 1. The zero-order chi connectivity index (χ0) is 17.2. The zero-order valence-corrected chi connectivity index (χ0v) is 13.1. The number of carbonyl (C=O) groups excluding carboxylic acids is 1. The Balaban J connectivity index is 2.24. The molecule has 5 nitrogen and oxygen atoms in total. The van der Waals surface area contributed by atoms with Gasteiger partial charge in [-0.2, -0.15) is 21.6 Å². The minimum atomic E-state index is -5.09. The van der Waals surface area contributed by atoms with Crippen LogP contribution >= 0.6 is 0 Å². The van der Waals surface area contributed by atoms with E-state index in [9.17, 15) is 30.3 Å². The van der Waals surface area contributed by atoms with Gasteiger partial charge in [0.25, 0.3) is 0 Å². The van der Waals surface area contributed by atoms with E-state index in [-0.39, 0.29) is 0 Å². The Bertz CT molecular complexity index is 597. The van der Waals surface area contributed by atoms with E-state index < -0.39 is 64.2 Å². The number of carbonyl (C=O) groups is 1. The molecule has 2 aliphatic rings. The maximum atomic E-state index is 13.3. The molecule has 0 aromatic rings. The van der Waals surface area contributed by atoms with Crippen LogP contribution in [-0.2, 0) is 15.0 Å². The minimum Gasteiger partial charge on any atom is -0.444 e. The predicted molar refractivity (Wildman–Crippen MR) is 68.2 cm³/mol. The zero-order valence-electron chi connectivity index (χ0n) is 12.3. The van der Waals surface area contributed by atoms with Crippen LogP contribution in [-0.4, -0.2) is 50.0 Å². The Morgan fingerprint density at radius 3 is 2.18 bits per heavy atom. The second-order valence-corrected chi connectivity index (χ2v) is 8.42. The largest absolute Gasteiger partial charge is 0.444 e. The number of nitrogens with zero attached hydrogens (tertiary/aromatic N) is 1. The molecule has 0 aromatic carbocycles. The van der Waals surface area contributed by atoms with E-state index in [2.05, 4.69) is 0 Å². The minimum absolute atomic E-state index is 0.482. The van der Waals surface area contributed by atoms with Crippen molar-refractivity contribution in [3.8, 4) is 0 Å². The molecule has 2 atom stereocenters. The topological polar surface area (TPSA) is 63.7 Å². The van der Waals surface area contributed by atoms with Gasteiger partial charge in [-0.15, -0.1) is 3.89 Å². The summed E-state index contributed by atoms with van der Waals surface area (Å²) in [5.74, 6) is -1.24. The van der Waals surface area contributed by atoms with Crippen LogP contribution in [0.5, 0.6) is 0 Å². The molecule has 0 aromatic heterocycles. The Hall–Kier alpha value is -1.06. The maximum Gasteiger partial charge on any atom is 0.410 e. The Morgan fingerprint density at radius 1 is 1.23 bits per heavy atom. The van der Waals surface area contributed by atoms with Crippen molar-refractivity contribution in [1.82, 2.24) is 4.90 Å². The first-order valence-corrected chi connectivity index (χ1v) is 8.13. The fourth-order valence-electron chi connectivity index (χ4n) is 3.22. The van der Waals surface area contributed by atoms with Crippen molar-refractivity contribution >= 4 is 16.3 Å². The first-order chi connectivity index (χ1) is 9.61. The highest BCUT2D eigenvalue weighted by Gasteiger charge is 2.84. The number of alkyl halides is 3. The molecule has 1 aliphatic carbocycles. The molecule has 10 heteroatoms. The van der Waals surface area contributed by atoms with E-state index in [1.54, 1.807) is 20.8 Å². The van der Waals surface area contributed by atoms with Gasteiger partial charge in [-0.1, -0.05) is 0 Å². The van der Waals surface area contributed by atoms with Gasteiger partial charge in [-0.3, -0.25) is 0 Å². The third-order valence-electron chi connectivity index (χ3n) is 4.13. The highest BCUT2D eigenvalue weighted by Crippen LogP contribution is 2.75. The third-order valence-corrected chi connectivity index (χ3v) is 5.03. The molecule has 0 radical (unpaired) electrons. The van der Waals surface area contributed by atoms with Crippen molar-refractivity contribution in [3.05, 3.63) is 0 Å². The summed E-state index contributed by atoms with van der Waals surface area (Å²) >= 11 is 0. The van der Waals surface area contributed by atoms with Crippen LogP contribution in [0.2, 0.25) is 0 Å². The Kier molecular flexibility index (Phi) is 3.53. The van der Waals surface area contributed by atoms with Gasteiger partial charge in [0.1, 0.15) is 5.60 Å². The second kappa shape index (κ2) is 4.48. The summed E-state index contributed by atoms with van der Waals surface area (Å²) in [6, 6.07) is 0.